The molecule has 0 fully saturated rings. The summed E-state index contributed by atoms with van der Waals surface area (Å²) in [6.45, 7) is 2.14. The fourth-order valence-corrected chi connectivity index (χ4v) is 0.496. The van der Waals surface area contributed by atoms with Gasteiger partial charge >= 0.3 is 0 Å². The third-order valence-electron chi connectivity index (χ3n) is 0.710. The van der Waals surface area contributed by atoms with E-state index < -0.39 is 0 Å². The van der Waals surface area contributed by atoms with Crippen molar-refractivity contribution >= 4 is 22.6 Å². The molecule has 0 aromatic carbocycles. The molecule has 0 aliphatic carbocycles. The van der Waals surface area contributed by atoms with E-state index in [0.717, 1.165) is 6.42 Å². The number of allylic oxidation sites excluding steroid dienone is 1. The molecular formula is C5H10IN. The van der Waals surface area contributed by atoms with Crippen LogP contribution in [0.3, 0.4) is 0 Å². The summed E-state index contributed by atoms with van der Waals surface area (Å²) in [5.41, 5.74) is 5.12. The topological polar surface area (TPSA) is 26.0 Å². The van der Waals surface area contributed by atoms with E-state index in [2.05, 4.69) is 29.5 Å². The largest absolute Gasteiger partial charge is 0.405 e. The third-order valence-corrected chi connectivity index (χ3v) is 2.01. The average Bonchev–Trinajstić information content (AvgIpc) is 1.68. The maximum atomic E-state index is 5.12. The zero-order chi connectivity index (χ0) is 5.70. The van der Waals surface area contributed by atoms with Gasteiger partial charge in [0.2, 0.25) is 0 Å². The minimum atomic E-state index is 0.614. The Morgan fingerprint density at radius 2 is 2.43 bits per heavy atom. The first-order valence-corrected chi connectivity index (χ1v) is 3.58. The predicted molar refractivity (Wildman–Crippen MR) is 41.4 cm³/mol. The van der Waals surface area contributed by atoms with Crippen molar-refractivity contribution in [1.29, 1.82) is 0 Å². The molecule has 1 unspecified atom stereocenters. The standard InChI is InChI=1S/C5H10IN/c1-2-5(6)3-4-7/h3-5H,2,7H2,1H3/b4-3-. The smallest absolute Gasteiger partial charge is 0.0303 e. The van der Waals surface area contributed by atoms with Crippen LogP contribution in [0.25, 0.3) is 0 Å². The van der Waals surface area contributed by atoms with Crippen molar-refractivity contribution in [3.63, 3.8) is 0 Å². The van der Waals surface area contributed by atoms with Gasteiger partial charge in [-0.2, -0.15) is 0 Å². The molecule has 0 heterocycles. The molecule has 0 radical (unpaired) electrons. The highest BCUT2D eigenvalue weighted by molar-refractivity contribution is 14.1. The lowest BCUT2D eigenvalue weighted by molar-refractivity contribution is 1.00. The zero-order valence-electron chi connectivity index (χ0n) is 4.39. The molecule has 2 N–H and O–H groups in total. The summed E-state index contributed by atoms with van der Waals surface area (Å²) in [5.74, 6) is 0. The number of hydrogen-bond donors (Lipinski definition) is 1. The van der Waals surface area contributed by atoms with Gasteiger partial charge in [0.05, 0.1) is 0 Å². The first-order valence-electron chi connectivity index (χ1n) is 2.33. The molecule has 0 aliphatic heterocycles. The van der Waals surface area contributed by atoms with Gasteiger partial charge in [0, 0.05) is 3.92 Å². The quantitative estimate of drug-likeness (QED) is 0.545. The molecule has 0 saturated carbocycles. The van der Waals surface area contributed by atoms with E-state index in [4.69, 9.17) is 5.73 Å². The maximum absolute atomic E-state index is 5.12. The van der Waals surface area contributed by atoms with Crippen LogP contribution >= 0.6 is 22.6 Å². The third kappa shape index (κ3) is 4.12. The van der Waals surface area contributed by atoms with E-state index in [-0.39, 0.29) is 0 Å². The highest BCUT2D eigenvalue weighted by Crippen LogP contribution is 2.04. The number of halogens is 1. The van der Waals surface area contributed by atoms with Crippen molar-refractivity contribution < 1.29 is 0 Å². The number of hydrogen-bond acceptors (Lipinski definition) is 1. The Bertz CT molecular complexity index is 61.1. The zero-order valence-corrected chi connectivity index (χ0v) is 6.55. The molecule has 0 saturated heterocycles. The Hall–Kier alpha value is 0.270. The second kappa shape index (κ2) is 4.43. The van der Waals surface area contributed by atoms with Crippen LogP contribution < -0.4 is 5.73 Å². The lowest BCUT2D eigenvalue weighted by atomic mass is 10.3. The summed E-state index contributed by atoms with van der Waals surface area (Å²) < 4.78 is 0.614. The summed E-state index contributed by atoms with van der Waals surface area (Å²) in [5, 5.41) is 0. The maximum Gasteiger partial charge on any atom is 0.0303 e. The summed E-state index contributed by atoms with van der Waals surface area (Å²) >= 11 is 2.34. The van der Waals surface area contributed by atoms with Crippen molar-refractivity contribution in [3.8, 4) is 0 Å². The Kier molecular flexibility index (Phi) is 4.60. The molecule has 0 aliphatic rings. The highest BCUT2D eigenvalue weighted by Gasteiger charge is 1.88. The van der Waals surface area contributed by atoms with Gasteiger partial charge < -0.3 is 5.73 Å². The average molecular weight is 211 g/mol. The van der Waals surface area contributed by atoms with Gasteiger partial charge in [0.1, 0.15) is 0 Å². The Morgan fingerprint density at radius 3 is 2.57 bits per heavy atom. The predicted octanol–water partition coefficient (Wildman–Crippen LogP) is 1.67. The molecule has 0 bridgehead atoms. The van der Waals surface area contributed by atoms with Crippen LogP contribution in [0.15, 0.2) is 12.3 Å². The molecule has 1 atom stereocenters. The molecule has 1 nitrogen and oxygen atoms in total. The van der Waals surface area contributed by atoms with Crippen LogP contribution in [-0.2, 0) is 0 Å². The molecule has 7 heavy (non-hydrogen) atoms. The molecular weight excluding hydrogens is 201 g/mol. The second-order valence-corrected chi connectivity index (χ2v) is 2.91. The van der Waals surface area contributed by atoms with Gasteiger partial charge in [-0.25, -0.2) is 0 Å². The van der Waals surface area contributed by atoms with E-state index in [9.17, 15) is 0 Å². The van der Waals surface area contributed by atoms with Gasteiger partial charge in [0.15, 0.2) is 0 Å². The molecule has 42 valence electrons. The Morgan fingerprint density at radius 1 is 1.86 bits per heavy atom. The van der Waals surface area contributed by atoms with E-state index in [0.29, 0.717) is 3.92 Å². The minimum Gasteiger partial charge on any atom is -0.405 e. The van der Waals surface area contributed by atoms with Crippen LogP contribution in [0.5, 0.6) is 0 Å². The summed E-state index contributed by atoms with van der Waals surface area (Å²) in [6, 6.07) is 0. The Balaban J connectivity index is 3.16. The first kappa shape index (κ1) is 7.27. The van der Waals surface area contributed by atoms with Crippen LogP contribution in [0.1, 0.15) is 13.3 Å². The van der Waals surface area contributed by atoms with Gasteiger partial charge in [-0.1, -0.05) is 35.6 Å². The lowest BCUT2D eigenvalue weighted by Crippen LogP contribution is -1.89. The monoisotopic (exact) mass is 211 g/mol. The molecule has 0 aromatic heterocycles. The number of rotatable bonds is 2. The normalized spacial score (nSPS) is 15.1. The summed E-state index contributed by atoms with van der Waals surface area (Å²) in [4.78, 5) is 0. The van der Waals surface area contributed by atoms with Crippen molar-refractivity contribution in [2.24, 2.45) is 5.73 Å². The fraction of sp³-hybridized carbons (Fsp3) is 0.600. The van der Waals surface area contributed by atoms with E-state index in [1.54, 1.807) is 6.20 Å². The SMILES string of the molecule is CCC(I)/C=C\N. The van der Waals surface area contributed by atoms with Crippen molar-refractivity contribution in [1.82, 2.24) is 0 Å². The fourth-order valence-electron chi connectivity index (χ4n) is 0.257. The summed E-state index contributed by atoms with van der Waals surface area (Å²) in [6.07, 6.45) is 4.75. The van der Waals surface area contributed by atoms with Crippen LogP contribution in [0.2, 0.25) is 0 Å². The molecule has 2 heteroatoms. The molecule has 0 spiro atoms. The Labute approximate surface area is 58.1 Å². The summed E-state index contributed by atoms with van der Waals surface area (Å²) in [7, 11) is 0. The van der Waals surface area contributed by atoms with Gasteiger partial charge in [0.25, 0.3) is 0 Å². The van der Waals surface area contributed by atoms with Gasteiger partial charge in [-0.05, 0) is 12.6 Å². The van der Waals surface area contributed by atoms with E-state index in [1.165, 1.54) is 0 Å². The van der Waals surface area contributed by atoms with Crippen LogP contribution in [0.4, 0.5) is 0 Å². The molecule has 0 rings (SSSR count). The van der Waals surface area contributed by atoms with E-state index >= 15 is 0 Å². The minimum absolute atomic E-state index is 0.614. The van der Waals surface area contributed by atoms with E-state index in [1.807, 2.05) is 6.08 Å². The van der Waals surface area contributed by atoms with Crippen LogP contribution in [0, 0.1) is 0 Å². The number of alkyl halides is 1. The second-order valence-electron chi connectivity index (χ2n) is 1.31. The van der Waals surface area contributed by atoms with Crippen molar-refractivity contribution in [2.45, 2.75) is 17.3 Å². The molecule has 0 amide bonds. The van der Waals surface area contributed by atoms with Crippen molar-refractivity contribution in [3.05, 3.63) is 12.3 Å². The van der Waals surface area contributed by atoms with Crippen molar-refractivity contribution in [2.75, 3.05) is 0 Å². The van der Waals surface area contributed by atoms with Gasteiger partial charge in [-0.15, -0.1) is 0 Å². The lowest BCUT2D eigenvalue weighted by Gasteiger charge is -1.93. The van der Waals surface area contributed by atoms with Gasteiger partial charge in [-0.3, -0.25) is 0 Å². The first-order chi connectivity index (χ1) is 3.31. The highest BCUT2D eigenvalue weighted by atomic mass is 127. The number of nitrogens with two attached hydrogens (primary N) is 1. The van der Waals surface area contributed by atoms with Crippen LogP contribution in [-0.4, -0.2) is 3.92 Å². The molecule has 0 aromatic rings.